The molecule has 0 aliphatic rings. The van der Waals surface area contributed by atoms with Crippen LogP contribution in [0.25, 0.3) is 10.8 Å². The number of nitrogens with one attached hydrogen (secondary N) is 1. The quantitative estimate of drug-likeness (QED) is 0.805. The highest BCUT2D eigenvalue weighted by Gasteiger charge is 2.29. The van der Waals surface area contributed by atoms with E-state index in [0.717, 1.165) is 21.9 Å². The lowest BCUT2D eigenvalue weighted by Gasteiger charge is -2.23. The van der Waals surface area contributed by atoms with Crippen molar-refractivity contribution in [2.24, 2.45) is 0 Å². The van der Waals surface area contributed by atoms with Crippen molar-refractivity contribution in [2.45, 2.75) is 38.9 Å². The molecule has 0 aromatic heterocycles. The van der Waals surface area contributed by atoms with Crippen molar-refractivity contribution in [1.82, 2.24) is 5.32 Å². The van der Waals surface area contributed by atoms with E-state index >= 15 is 0 Å². The first-order valence-corrected chi connectivity index (χ1v) is 7.20. The summed E-state index contributed by atoms with van der Waals surface area (Å²) in [6, 6.07) is 11.6. The third kappa shape index (κ3) is 3.97. The second-order valence-corrected chi connectivity index (χ2v) is 5.28. The van der Waals surface area contributed by atoms with Crippen molar-refractivity contribution >= 4 is 10.8 Å². The molecular formula is C17H20F3N. The number of alkyl halides is 3. The molecule has 2 aromatic rings. The molecule has 0 radical (unpaired) electrons. The molecule has 0 heterocycles. The van der Waals surface area contributed by atoms with Crippen molar-refractivity contribution in [3.05, 3.63) is 47.5 Å². The van der Waals surface area contributed by atoms with E-state index in [4.69, 9.17) is 0 Å². The van der Waals surface area contributed by atoms with E-state index in [-0.39, 0.29) is 12.5 Å². The van der Waals surface area contributed by atoms with Crippen LogP contribution in [-0.2, 0) is 0 Å². The van der Waals surface area contributed by atoms with Crippen LogP contribution in [-0.4, -0.2) is 12.7 Å². The minimum Gasteiger partial charge on any atom is -0.310 e. The van der Waals surface area contributed by atoms with Crippen LogP contribution in [0.1, 0.15) is 36.9 Å². The maximum absolute atomic E-state index is 12.6. The molecule has 0 amide bonds. The van der Waals surface area contributed by atoms with E-state index < -0.39 is 12.6 Å². The van der Waals surface area contributed by atoms with Crippen LogP contribution in [0.3, 0.4) is 0 Å². The van der Waals surface area contributed by atoms with Crippen LogP contribution in [0.5, 0.6) is 0 Å². The topological polar surface area (TPSA) is 12.0 Å². The summed E-state index contributed by atoms with van der Waals surface area (Å²) in [6.07, 6.45) is -4.83. The Kier molecular flexibility index (Phi) is 4.88. The molecule has 1 N–H and O–H groups in total. The molecule has 0 fully saturated rings. The van der Waals surface area contributed by atoms with Crippen LogP contribution in [0.15, 0.2) is 36.4 Å². The SMILES string of the molecule is CCNC(CCC(F)(F)F)c1c(C)ccc2ccccc12. The zero-order valence-corrected chi connectivity index (χ0v) is 12.3. The molecule has 2 aromatic carbocycles. The highest BCUT2D eigenvalue weighted by atomic mass is 19.4. The normalized spacial score (nSPS) is 13.6. The van der Waals surface area contributed by atoms with E-state index in [0.29, 0.717) is 6.54 Å². The summed E-state index contributed by atoms with van der Waals surface area (Å²) in [5.74, 6) is 0. The lowest BCUT2D eigenvalue weighted by Crippen LogP contribution is -2.24. The summed E-state index contributed by atoms with van der Waals surface area (Å²) < 4.78 is 37.7. The van der Waals surface area contributed by atoms with Gasteiger partial charge in [-0.1, -0.05) is 43.3 Å². The molecule has 0 bridgehead atoms. The highest BCUT2D eigenvalue weighted by molar-refractivity contribution is 5.87. The van der Waals surface area contributed by atoms with Crippen molar-refractivity contribution in [2.75, 3.05) is 6.54 Å². The van der Waals surface area contributed by atoms with E-state index in [1.165, 1.54) is 0 Å². The van der Waals surface area contributed by atoms with Gasteiger partial charge in [-0.25, -0.2) is 0 Å². The zero-order chi connectivity index (χ0) is 15.5. The number of fused-ring (bicyclic) bond motifs is 1. The summed E-state index contributed by atoms with van der Waals surface area (Å²) in [4.78, 5) is 0. The van der Waals surface area contributed by atoms with Gasteiger partial charge in [-0.3, -0.25) is 0 Å². The van der Waals surface area contributed by atoms with Gasteiger partial charge in [0.05, 0.1) is 0 Å². The Balaban J connectivity index is 2.41. The Morgan fingerprint density at radius 1 is 1.10 bits per heavy atom. The Labute approximate surface area is 123 Å². The molecule has 0 aliphatic carbocycles. The Morgan fingerprint density at radius 2 is 1.81 bits per heavy atom. The second-order valence-electron chi connectivity index (χ2n) is 5.28. The van der Waals surface area contributed by atoms with Crippen LogP contribution < -0.4 is 5.32 Å². The first kappa shape index (κ1) is 15.8. The minimum absolute atomic E-state index is 0.0617. The summed E-state index contributed by atoms with van der Waals surface area (Å²) in [6.45, 7) is 4.52. The molecule has 1 unspecified atom stereocenters. The van der Waals surface area contributed by atoms with E-state index in [1.54, 1.807) is 0 Å². The monoisotopic (exact) mass is 295 g/mol. The fourth-order valence-corrected chi connectivity index (χ4v) is 2.77. The van der Waals surface area contributed by atoms with Gasteiger partial charge in [0.2, 0.25) is 0 Å². The molecule has 0 saturated heterocycles. The highest BCUT2D eigenvalue weighted by Crippen LogP contribution is 2.33. The Hall–Kier alpha value is -1.55. The van der Waals surface area contributed by atoms with Crippen LogP contribution >= 0.6 is 0 Å². The lowest BCUT2D eigenvalue weighted by molar-refractivity contribution is -0.136. The van der Waals surface area contributed by atoms with Gasteiger partial charge >= 0.3 is 6.18 Å². The molecule has 2 rings (SSSR count). The fraction of sp³-hybridized carbons (Fsp3) is 0.412. The molecule has 21 heavy (non-hydrogen) atoms. The predicted molar refractivity (Wildman–Crippen MR) is 80.4 cm³/mol. The minimum atomic E-state index is -4.12. The van der Waals surface area contributed by atoms with Gasteiger partial charge in [-0.05, 0) is 41.8 Å². The summed E-state index contributed by atoms with van der Waals surface area (Å²) in [7, 11) is 0. The van der Waals surface area contributed by atoms with Gasteiger partial charge in [0, 0.05) is 12.5 Å². The largest absolute Gasteiger partial charge is 0.389 e. The summed E-state index contributed by atoms with van der Waals surface area (Å²) in [5, 5.41) is 5.30. The number of aryl methyl sites for hydroxylation is 1. The van der Waals surface area contributed by atoms with Crippen molar-refractivity contribution in [3.8, 4) is 0 Å². The predicted octanol–water partition coefficient (Wildman–Crippen LogP) is 5.14. The summed E-state index contributed by atoms with van der Waals surface area (Å²) in [5.41, 5.74) is 2.01. The number of hydrogen-bond acceptors (Lipinski definition) is 1. The van der Waals surface area contributed by atoms with Gasteiger partial charge in [0.15, 0.2) is 0 Å². The zero-order valence-electron chi connectivity index (χ0n) is 12.3. The number of rotatable bonds is 5. The van der Waals surface area contributed by atoms with Crippen LogP contribution in [0.4, 0.5) is 13.2 Å². The van der Waals surface area contributed by atoms with Crippen molar-refractivity contribution in [1.29, 1.82) is 0 Å². The molecule has 1 atom stereocenters. The van der Waals surface area contributed by atoms with Crippen LogP contribution in [0.2, 0.25) is 0 Å². The molecular weight excluding hydrogens is 275 g/mol. The fourth-order valence-electron chi connectivity index (χ4n) is 2.77. The summed E-state index contributed by atoms with van der Waals surface area (Å²) >= 11 is 0. The molecule has 114 valence electrons. The second kappa shape index (κ2) is 6.48. The van der Waals surface area contributed by atoms with Gasteiger partial charge in [0.1, 0.15) is 0 Å². The number of hydrogen-bond donors (Lipinski definition) is 1. The molecule has 0 spiro atoms. The van der Waals surface area contributed by atoms with E-state index in [9.17, 15) is 13.2 Å². The smallest absolute Gasteiger partial charge is 0.310 e. The van der Waals surface area contributed by atoms with Crippen LogP contribution in [0, 0.1) is 6.92 Å². The molecule has 0 aliphatic heterocycles. The van der Waals surface area contributed by atoms with Gasteiger partial charge < -0.3 is 5.32 Å². The van der Waals surface area contributed by atoms with E-state index in [2.05, 4.69) is 5.32 Å². The Bertz CT molecular complexity index is 604. The maximum atomic E-state index is 12.6. The molecule has 1 nitrogen and oxygen atoms in total. The first-order valence-electron chi connectivity index (χ1n) is 7.20. The van der Waals surface area contributed by atoms with Crippen molar-refractivity contribution in [3.63, 3.8) is 0 Å². The van der Waals surface area contributed by atoms with Crippen molar-refractivity contribution < 1.29 is 13.2 Å². The number of benzene rings is 2. The third-order valence-corrected chi connectivity index (χ3v) is 3.70. The third-order valence-electron chi connectivity index (χ3n) is 3.70. The van der Waals surface area contributed by atoms with Gasteiger partial charge in [-0.15, -0.1) is 0 Å². The standard InChI is InChI=1S/C17H20F3N/c1-3-21-15(10-11-17(18,19)20)16-12(2)8-9-13-6-4-5-7-14(13)16/h4-9,15,21H,3,10-11H2,1-2H3. The molecule has 0 saturated carbocycles. The lowest BCUT2D eigenvalue weighted by atomic mass is 9.91. The molecule has 4 heteroatoms. The first-order chi connectivity index (χ1) is 9.92. The van der Waals surface area contributed by atoms with E-state index in [1.807, 2.05) is 50.2 Å². The maximum Gasteiger partial charge on any atom is 0.389 e. The average molecular weight is 295 g/mol. The Morgan fingerprint density at radius 3 is 2.48 bits per heavy atom. The van der Waals surface area contributed by atoms with Gasteiger partial charge in [0.25, 0.3) is 0 Å². The number of halogens is 3. The average Bonchev–Trinajstić information content (AvgIpc) is 2.43. The van der Waals surface area contributed by atoms with Gasteiger partial charge in [-0.2, -0.15) is 13.2 Å².